The molecule has 0 aliphatic carbocycles. The molecule has 1 rings (SSSR count). The topological polar surface area (TPSA) is 116 Å². The lowest BCUT2D eigenvalue weighted by Crippen LogP contribution is -2.40. The number of aryl methyl sites for hydroxylation is 1. The van der Waals surface area contributed by atoms with E-state index in [0.29, 0.717) is 37.8 Å². The van der Waals surface area contributed by atoms with Crippen molar-refractivity contribution in [3.05, 3.63) is 23.7 Å². The molecular formula is C15H29IN4O4S. The molecule has 1 unspecified atom stereocenters. The molecule has 1 heterocycles. The van der Waals surface area contributed by atoms with E-state index in [0.717, 1.165) is 12.0 Å². The van der Waals surface area contributed by atoms with Crippen LogP contribution in [0.2, 0.25) is 0 Å². The van der Waals surface area contributed by atoms with Gasteiger partial charge in [-0.05, 0) is 39.3 Å². The van der Waals surface area contributed by atoms with Gasteiger partial charge in [-0.15, -0.1) is 24.0 Å². The normalized spacial score (nSPS) is 14.5. The molecular weight excluding hydrogens is 459 g/mol. The lowest BCUT2D eigenvalue weighted by molar-refractivity contribution is 0.0428. The van der Waals surface area contributed by atoms with Gasteiger partial charge in [-0.2, -0.15) is 0 Å². The second-order valence-electron chi connectivity index (χ2n) is 5.83. The van der Waals surface area contributed by atoms with Gasteiger partial charge in [-0.1, -0.05) is 0 Å². The van der Waals surface area contributed by atoms with Crippen molar-refractivity contribution in [2.45, 2.75) is 32.8 Å². The first-order valence-electron chi connectivity index (χ1n) is 7.90. The van der Waals surface area contributed by atoms with Gasteiger partial charge < -0.3 is 20.2 Å². The van der Waals surface area contributed by atoms with Gasteiger partial charge in [0.2, 0.25) is 10.0 Å². The molecule has 0 radical (unpaired) electrons. The van der Waals surface area contributed by atoms with Gasteiger partial charge in [0.15, 0.2) is 5.96 Å². The fourth-order valence-corrected chi connectivity index (χ4v) is 2.44. The van der Waals surface area contributed by atoms with Crippen LogP contribution in [0.3, 0.4) is 0 Å². The summed E-state index contributed by atoms with van der Waals surface area (Å²) in [6.07, 6.45) is 1.75. The van der Waals surface area contributed by atoms with Crippen LogP contribution in [0.1, 0.15) is 31.8 Å². The predicted molar refractivity (Wildman–Crippen MR) is 110 cm³/mol. The molecule has 1 aromatic rings. The maximum absolute atomic E-state index is 11.0. The zero-order valence-corrected chi connectivity index (χ0v) is 18.3. The van der Waals surface area contributed by atoms with Gasteiger partial charge in [0.05, 0.1) is 12.8 Å². The van der Waals surface area contributed by atoms with Crippen LogP contribution >= 0.6 is 24.0 Å². The minimum Gasteiger partial charge on any atom is -0.463 e. The molecule has 0 spiro atoms. The van der Waals surface area contributed by atoms with Gasteiger partial charge in [0, 0.05) is 19.6 Å². The zero-order valence-electron chi connectivity index (χ0n) is 15.1. The smallest absolute Gasteiger partial charge is 0.208 e. The highest BCUT2D eigenvalue weighted by atomic mass is 127. The third-order valence-corrected chi connectivity index (χ3v) is 3.90. The Hall–Kier alpha value is -0.850. The molecule has 1 atom stereocenters. The third kappa shape index (κ3) is 10.0. The zero-order chi connectivity index (χ0) is 18.2. The summed E-state index contributed by atoms with van der Waals surface area (Å²) in [7, 11) is -3.16. The van der Waals surface area contributed by atoms with Crippen LogP contribution in [0, 0.1) is 6.92 Å². The summed E-state index contributed by atoms with van der Waals surface area (Å²) < 4.78 is 29.8. The van der Waals surface area contributed by atoms with Crippen LogP contribution in [0.4, 0.5) is 0 Å². The van der Waals surface area contributed by atoms with Crippen molar-refractivity contribution < 1.29 is 17.9 Å². The number of sulfonamides is 1. The molecule has 146 valence electrons. The molecule has 8 nitrogen and oxygen atoms in total. The number of aliphatic imine (C=N–C) groups is 1. The number of furan rings is 1. The number of hydrogen-bond donors (Lipinski definition) is 4. The summed E-state index contributed by atoms with van der Waals surface area (Å²) in [5.41, 5.74) is -1.20. The van der Waals surface area contributed by atoms with E-state index in [9.17, 15) is 13.5 Å². The molecule has 0 amide bonds. The van der Waals surface area contributed by atoms with Gasteiger partial charge >= 0.3 is 0 Å². The summed E-state index contributed by atoms with van der Waals surface area (Å²) in [5, 5.41) is 16.7. The van der Waals surface area contributed by atoms with E-state index in [1.165, 1.54) is 0 Å². The Balaban J connectivity index is 0.00000576. The monoisotopic (exact) mass is 488 g/mol. The largest absolute Gasteiger partial charge is 0.463 e. The van der Waals surface area contributed by atoms with E-state index in [2.05, 4.69) is 20.3 Å². The van der Waals surface area contributed by atoms with Crippen LogP contribution in [0.5, 0.6) is 0 Å². The van der Waals surface area contributed by atoms with Gasteiger partial charge in [0.25, 0.3) is 0 Å². The quantitative estimate of drug-likeness (QED) is 0.178. The molecule has 0 aromatic carbocycles. The van der Waals surface area contributed by atoms with E-state index >= 15 is 0 Å². The minimum absolute atomic E-state index is 0. The third-order valence-electron chi connectivity index (χ3n) is 3.17. The lowest BCUT2D eigenvalue weighted by atomic mass is 10.0. The number of nitrogens with zero attached hydrogens (tertiary/aromatic N) is 1. The standard InChI is InChI=1S/C15H28N4O4S.HI/c1-5-16-14(17-9-6-10-19-24(4,21)22)18-11-15(3,20)13-8-7-12(2)23-13;/h7-8,19-20H,5-6,9-11H2,1-4H3,(H2,16,17,18);1H. The van der Waals surface area contributed by atoms with Crippen LogP contribution < -0.4 is 15.4 Å². The van der Waals surface area contributed by atoms with E-state index in [4.69, 9.17) is 4.42 Å². The summed E-state index contributed by atoms with van der Waals surface area (Å²) in [4.78, 5) is 4.36. The van der Waals surface area contributed by atoms with Gasteiger partial charge in [-0.25, -0.2) is 18.1 Å². The Kier molecular flexibility index (Phi) is 10.6. The minimum atomic E-state index is -3.16. The average molecular weight is 488 g/mol. The first-order chi connectivity index (χ1) is 11.1. The Morgan fingerprint density at radius 2 is 2.00 bits per heavy atom. The van der Waals surface area contributed by atoms with E-state index < -0.39 is 15.6 Å². The summed E-state index contributed by atoms with van der Waals surface area (Å²) >= 11 is 0. The van der Waals surface area contributed by atoms with Crippen LogP contribution in [-0.4, -0.2) is 51.9 Å². The second-order valence-corrected chi connectivity index (χ2v) is 7.66. The predicted octanol–water partition coefficient (Wildman–Crippen LogP) is 0.908. The molecule has 0 aliphatic rings. The Morgan fingerprint density at radius 1 is 1.32 bits per heavy atom. The summed E-state index contributed by atoms with van der Waals surface area (Å²) in [5.74, 6) is 1.76. The molecule has 0 saturated carbocycles. The number of guanidine groups is 1. The first-order valence-corrected chi connectivity index (χ1v) is 9.79. The highest BCUT2D eigenvalue weighted by Crippen LogP contribution is 2.22. The van der Waals surface area contributed by atoms with Crippen molar-refractivity contribution in [1.82, 2.24) is 15.4 Å². The number of halogens is 1. The van der Waals surface area contributed by atoms with Crippen LogP contribution in [0.15, 0.2) is 21.5 Å². The number of hydrogen-bond acceptors (Lipinski definition) is 5. The maximum atomic E-state index is 11.0. The van der Waals surface area contributed by atoms with Gasteiger partial charge in [0.1, 0.15) is 17.1 Å². The molecule has 0 fully saturated rings. The Labute approximate surface area is 166 Å². The average Bonchev–Trinajstić information content (AvgIpc) is 2.90. The van der Waals surface area contributed by atoms with Crippen molar-refractivity contribution in [3.63, 3.8) is 0 Å². The first kappa shape index (κ1) is 24.1. The Bertz CT molecular complexity index is 644. The van der Waals surface area contributed by atoms with Crippen molar-refractivity contribution in [1.29, 1.82) is 0 Å². The lowest BCUT2D eigenvalue weighted by Gasteiger charge is -2.19. The number of aliphatic hydroxyl groups is 1. The molecule has 0 aliphatic heterocycles. The second kappa shape index (κ2) is 11.0. The maximum Gasteiger partial charge on any atom is 0.208 e. The van der Waals surface area contributed by atoms with Crippen LogP contribution in [-0.2, 0) is 15.6 Å². The van der Waals surface area contributed by atoms with Gasteiger partial charge in [-0.3, -0.25) is 0 Å². The molecule has 10 heteroatoms. The summed E-state index contributed by atoms with van der Waals surface area (Å²) in [6.45, 7) is 7.13. The van der Waals surface area contributed by atoms with Crippen molar-refractivity contribution >= 4 is 40.0 Å². The Morgan fingerprint density at radius 3 is 2.52 bits per heavy atom. The number of nitrogens with one attached hydrogen (secondary N) is 3. The van der Waals surface area contributed by atoms with Crippen molar-refractivity contribution in [2.75, 3.05) is 32.4 Å². The molecule has 4 N–H and O–H groups in total. The van der Waals surface area contributed by atoms with E-state index in [1.807, 2.05) is 13.8 Å². The summed E-state index contributed by atoms with van der Waals surface area (Å²) in [6, 6.07) is 3.54. The fourth-order valence-electron chi connectivity index (χ4n) is 1.93. The molecule has 1 aromatic heterocycles. The van der Waals surface area contributed by atoms with Crippen molar-refractivity contribution in [2.24, 2.45) is 4.99 Å². The number of rotatable bonds is 9. The van der Waals surface area contributed by atoms with Crippen LogP contribution in [0.25, 0.3) is 0 Å². The highest BCUT2D eigenvalue weighted by molar-refractivity contribution is 14.0. The highest BCUT2D eigenvalue weighted by Gasteiger charge is 2.26. The fraction of sp³-hybridized carbons (Fsp3) is 0.667. The van der Waals surface area contributed by atoms with Crippen molar-refractivity contribution in [3.8, 4) is 0 Å². The van der Waals surface area contributed by atoms with E-state index in [-0.39, 0.29) is 30.5 Å². The molecule has 0 saturated heterocycles. The SMILES string of the molecule is CCNC(=NCC(C)(O)c1ccc(C)o1)NCCCNS(C)(=O)=O.I. The van der Waals surface area contributed by atoms with E-state index in [1.54, 1.807) is 19.1 Å². The molecule has 25 heavy (non-hydrogen) atoms. The molecule has 0 bridgehead atoms.